The van der Waals surface area contributed by atoms with Crippen LogP contribution in [0.15, 0.2) is 52.4 Å². The Morgan fingerprint density at radius 1 is 1.39 bits per heavy atom. The molecular weight excluding hydrogens is 390 g/mol. The van der Waals surface area contributed by atoms with Gasteiger partial charge in [-0.3, -0.25) is 4.79 Å². The first-order valence-electron chi connectivity index (χ1n) is 9.06. The lowest BCUT2D eigenvalue weighted by Gasteiger charge is -2.43. The summed E-state index contributed by atoms with van der Waals surface area (Å²) in [5, 5.41) is 29.6. The zero-order chi connectivity index (χ0) is 20.3. The zero-order valence-corrected chi connectivity index (χ0v) is 17.7. The summed E-state index contributed by atoms with van der Waals surface area (Å²) in [7, 11) is 0. The van der Waals surface area contributed by atoms with Crippen LogP contribution in [-0.2, 0) is 4.79 Å². The molecule has 146 valence electrons. The molecule has 28 heavy (non-hydrogen) atoms. The number of nitrogens with one attached hydrogen (secondary N) is 2. The maximum Gasteiger partial charge on any atom is 0.233 e. The topological polar surface area (TPSA) is 85.2 Å². The van der Waals surface area contributed by atoms with Gasteiger partial charge in [0, 0.05) is 16.5 Å². The first kappa shape index (κ1) is 20.5. The van der Waals surface area contributed by atoms with Gasteiger partial charge >= 0.3 is 0 Å². The molecule has 5 nitrogen and oxygen atoms in total. The van der Waals surface area contributed by atoms with Gasteiger partial charge in [0.2, 0.25) is 5.91 Å². The van der Waals surface area contributed by atoms with Crippen molar-refractivity contribution in [3.8, 4) is 6.07 Å². The van der Waals surface area contributed by atoms with Crippen LogP contribution in [0.3, 0.4) is 0 Å². The summed E-state index contributed by atoms with van der Waals surface area (Å²) >= 11 is 2.95. The summed E-state index contributed by atoms with van der Waals surface area (Å²) < 4.78 is 0. The standard InChI is InChI=1S/C21H23N3O2S2/c1-4-27-20-14(12-22)17(16-10-7-11-28-16)18(21(3,26)24-20)19(25)23-15-9-6-5-8-13(15)2/h5-11,17-18,24,26H,4H2,1-3H3,(H,23,25)/t17-,18-,21+/m1/s1. The van der Waals surface area contributed by atoms with Gasteiger partial charge in [0.25, 0.3) is 0 Å². The molecule has 0 saturated heterocycles. The summed E-state index contributed by atoms with van der Waals surface area (Å²) in [5.74, 6) is -0.944. The predicted octanol–water partition coefficient (Wildman–Crippen LogP) is 4.20. The molecule has 0 unspecified atom stereocenters. The predicted molar refractivity (Wildman–Crippen MR) is 115 cm³/mol. The van der Waals surface area contributed by atoms with Crippen LogP contribution in [0.2, 0.25) is 0 Å². The number of thioether (sulfide) groups is 1. The Balaban J connectivity index is 2.07. The smallest absolute Gasteiger partial charge is 0.233 e. The number of para-hydroxylation sites is 1. The number of nitriles is 1. The Hall–Kier alpha value is -2.27. The third-order valence-corrected chi connectivity index (χ3v) is 6.66. The average molecular weight is 414 g/mol. The quantitative estimate of drug-likeness (QED) is 0.684. The van der Waals surface area contributed by atoms with Crippen molar-refractivity contribution in [3.63, 3.8) is 0 Å². The lowest BCUT2D eigenvalue weighted by molar-refractivity contribution is -0.131. The number of nitrogens with zero attached hydrogens (tertiary/aromatic N) is 1. The highest BCUT2D eigenvalue weighted by molar-refractivity contribution is 8.03. The van der Waals surface area contributed by atoms with Crippen LogP contribution in [0.25, 0.3) is 0 Å². The van der Waals surface area contributed by atoms with E-state index in [0.717, 1.165) is 16.2 Å². The minimum atomic E-state index is -1.50. The number of hydrogen-bond acceptors (Lipinski definition) is 6. The van der Waals surface area contributed by atoms with Gasteiger partial charge in [-0.25, -0.2) is 0 Å². The van der Waals surface area contributed by atoms with Crippen molar-refractivity contribution in [3.05, 3.63) is 62.8 Å². The van der Waals surface area contributed by atoms with Crippen LogP contribution >= 0.6 is 23.1 Å². The number of benzene rings is 1. The van der Waals surface area contributed by atoms with Crippen LogP contribution < -0.4 is 10.6 Å². The maximum atomic E-state index is 13.3. The van der Waals surface area contributed by atoms with E-state index in [-0.39, 0.29) is 5.91 Å². The van der Waals surface area contributed by atoms with Crippen LogP contribution in [0.1, 0.15) is 30.2 Å². The minimum absolute atomic E-state index is 0.321. The highest BCUT2D eigenvalue weighted by Crippen LogP contribution is 2.46. The molecule has 2 heterocycles. The van der Waals surface area contributed by atoms with E-state index in [1.54, 1.807) is 6.92 Å². The number of allylic oxidation sites excluding steroid dienone is 1. The number of thiophene rings is 1. The number of anilines is 1. The fourth-order valence-corrected chi connectivity index (χ4v) is 5.26. The number of carbonyl (C=O) groups is 1. The van der Waals surface area contributed by atoms with E-state index in [4.69, 9.17) is 0 Å². The molecule has 0 spiro atoms. The molecule has 7 heteroatoms. The van der Waals surface area contributed by atoms with Crippen molar-refractivity contribution in [2.75, 3.05) is 11.1 Å². The van der Waals surface area contributed by atoms with E-state index in [1.165, 1.54) is 23.1 Å². The van der Waals surface area contributed by atoms with Gasteiger partial charge in [0.05, 0.1) is 22.6 Å². The Bertz CT molecular complexity index is 929. The molecule has 1 aromatic carbocycles. The molecular formula is C21H23N3O2S2. The molecule has 1 aromatic heterocycles. The minimum Gasteiger partial charge on any atom is -0.370 e. The van der Waals surface area contributed by atoms with E-state index in [1.807, 2.05) is 55.6 Å². The lowest BCUT2D eigenvalue weighted by Crippen LogP contribution is -2.57. The monoisotopic (exact) mass is 413 g/mol. The number of aliphatic hydroxyl groups is 1. The average Bonchev–Trinajstić information content (AvgIpc) is 3.17. The molecule has 1 aliphatic heterocycles. The fourth-order valence-electron chi connectivity index (χ4n) is 3.49. The van der Waals surface area contributed by atoms with Crippen LogP contribution in [0, 0.1) is 24.2 Å². The summed E-state index contributed by atoms with van der Waals surface area (Å²) in [5.41, 5.74) is 0.625. The molecule has 2 aromatic rings. The van der Waals surface area contributed by atoms with Gasteiger partial charge < -0.3 is 15.7 Å². The van der Waals surface area contributed by atoms with Gasteiger partial charge in [0.1, 0.15) is 5.72 Å². The summed E-state index contributed by atoms with van der Waals surface area (Å²) in [4.78, 5) is 14.2. The van der Waals surface area contributed by atoms with E-state index < -0.39 is 17.6 Å². The molecule has 3 N–H and O–H groups in total. The van der Waals surface area contributed by atoms with Crippen LogP contribution in [-0.4, -0.2) is 22.5 Å². The third-order valence-electron chi connectivity index (χ3n) is 4.81. The second-order valence-electron chi connectivity index (χ2n) is 6.84. The maximum absolute atomic E-state index is 13.3. The van der Waals surface area contributed by atoms with Crippen molar-refractivity contribution in [2.45, 2.75) is 32.4 Å². The Morgan fingerprint density at radius 3 is 2.75 bits per heavy atom. The molecule has 3 rings (SSSR count). The normalized spacial score (nSPS) is 24.4. The van der Waals surface area contributed by atoms with Gasteiger partial charge in [-0.1, -0.05) is 31.2 Å². The number of amides is 1. The van der Waals surface area contributed by atoms with E-state index in [9.17, 15) is 15.2 Å². The highest BCUT2D eigenvalue weighted by atomic mass is 32.2. The molecule has 1 amide bonds. The van der Waals surface area contributed by atoms with Crippen LogP contribution in [0.4, 0.5) is 5.69 Å². The van der Waals surface area contributed by atoms with Crippen molar-refractivity contribution in [1.82, 2.24) is 5.32 Å². The molecule has 0 radical (unpaired) electrons. The second kappa shape index (κ2) is 8.39. The lowest BCUT2D eigenvalue weighted by atomic mass is 9.76. The van der Waals surface area contributed by atoms with Crippen molar-refractivity contribution >= 4 is 34.7 Å². The molecule has 0 fully saturated rings. The summed E-state index contributed by atoms with van der Waals surface area (Å²) in [6.45, 7) is 5.50. The van der Waals surface area contributed by atoms with E-state index >= 15 is 0 Å². The van der Waals surface area contributed by atoms with Gasteiger partial charge in [0.15, 0.2) is 0 Å². The summed E-state index contributed by atoms with van der Waals surface area (Å²) in [6.07, 6.45) is 0. The Labute approximate surface area is 173 Å². The van der Waals surface area contributed by atoms with Crippen LogP contribution in [0.5, 0.6) is 0 Å². The van der Waals surface area contributed by atoms with Gasteiger partial charge in [-0.15, -0.1) is 23.1 Å². The van der Waals surface area contributed by atoms with Crippen molar-refractivity contribution in [1.29, 1.82) is 5.26 Å². The molecule has 0 bridgehead atoms. The molecule has 1 aliphatic rings. The second-order valence-corrected chi connectivity index (χ2v) is 9.09. The molecule has 0 saturated carbocycles. The Morgan fingerprint density at radius 2 is 2.14 bits per heavy atom. The first-order valence-corrected chi connectivity index (χ1v) is 10.9. The van der Waals surface area contributed by atoms with Crippen molar-refractivity contribution in [2.24, 2.45) is 5.92 Å². The SMILES string of the molecule is CCSC1=C(C#N)[C@H](c2cccs2)[C@H](C(=O)Nc2ccccc2C)[C@](C)(O)N1. The third kappa shape index (κ3) is 3.95. The number of aryl methyl sites for hydroxylation is 1. The number of rotatable bonds is 5. The number of hydrogen-bond donors (Lipinski definition) is 3. The molecule has 0 aliphatic carbocycles. The fraction of sp³-hybridized carbons (Fsp3) is 0.333. The van der Waals surface area contributed by atoms with Gasteiger partial charge in [-0.2, -0.15) is 5.26 Å². The Kier molecular flexibility index (Phi) is 6.14. The number of carbonyl (C=O) groups excluding carboxylic acids is 1. The first-order chi connectivity index (χ1) is 13.4. The highest BCUT2D eigenvalue weighted by Gasteiger charge is 2.50. The van der Waals surface area contributed by atoms with E-state index in [0.29, 0.717) is 16.3 Å². The van der Waals surface area contributed by atoms with Crippen molar-refractivity contribution < 1.29 is 9.90 Å². The molecule has 3 atom stereocenters. The van der Waals surface area contributed by atoms with Gasteiger partial charge in [-0.05, 0) is 42.7 Å². The largest absolute Gasteiger partial charge is 0.370 e. The summed E-state index contributed by atoms with van der Waals surface area (Å²) in [6, 6.07) is 13.6. The van der Waals surface area contributed by atoms with E-state index in [2.05, 4.69) is 16.7 Å². The zero-order valence-electron chi connectivity index (χ0n) is 16.0.